The highest BCUT2D eigenvalue weighted by Crippen LogP contribution is 2.28. The molecule has 1 atom stereocenters. The van der Waals surface area contributed by atoms with Gasteiger partial charge in [0.05, 0.1) is 13.2 Å². The molecule has 0 saturated heterocycles. The third-order valence-electron chi connectivity index (χ3n) is 2.75. The van der Waals surface area contributed by atoms with E-state index in [2.05, 4.69) is 6.58 Å². The van der Waals surface area contributed by atoms with Crippen molar-refractivity contribution in [1.29, 1.82) is 0 Å². The number of rotatable bonds is 4. The molecule has 0 radical (unpaired) electrons. The Labute approximate surface area is 91.2 Å². The molecule has 0 aliphatic carbocycles. The van der Waals surface area contributed by atoms with Gasteiger partial charge in [-0.2, -0.15) is 0 Å². The van der Waals surface area contributed by atoms with Crippen LogP contribution in [0.4, 0.5) is 0 Å². The molecule has 1 aromatic rings. The first kappa shape index (κ1) is 11.8. The van der Waals surface area contributed by atoms with E-state index < -0.39 is 6.10 Å². The highest BCUT2D eigenvalue weighted by Gasteiger charge is 2.12. The lowest BCUT2D eigenvalue weighted by molar-refractivity contribution is 0.180. The zero-order chi connectivity index (χ0) is 11.4. The molecule has 2 heteroatoms. The maximum atomic E-state index is 9.88. The number of benzene rings is 1. The second kappa shape index (κ2) is 4.99. The van der Waals surface area contributed by atoms with Crippen LogP contribution in [0, 0.1) is 13.8 Å². The quantitative estimate of drug-likeness (QED) is 0.767. The van der Waals surface area contributed by atoms with Gasteiger partial charge in [-0.25, -0.2) is 0 Å². The van der Waals surface area contributed by atoms with Gasteiger partial charge in [-0.05, 0) is 43.0 Å². The van der Waals surface area contributed by atoms with Crippen molar-refractivity contribution >= 4 is 0 Å². The normalized spacial score (nSPS) is 12.3. The van der Waals surface area contributed by atoms with E-state index in [1.807, 2.05) is 26.0 Å². The SMILES string of the molecule is C=CCC(O)c1ccc(OC)c(C)c1C. The maximum Gasteiger partial charge on any atom is 0.122 e. The Hall–Kier alpha value is -1.28. The standard InChI is InChI=1S/C13H18O2/c1-5-6-12(14)11-7-8-13(15-4)10(3)9(11)2/h5,7-8,12,14H,1,6H2,2-4H3. The molecule has 15 heavy (non-hydrogen) atoms. The Morgan fingerprint density at radius 2 is 2.07 bits per heavy atom. The summed E-state index contributed by atoms with van der Waals surface area (Å²) in [5.74, 6) is 0.863. The topological polar surface area (TPSA) is 29.5 Å². The molecule has 0 aliphatic heterocycles. The van der Waals surface area contributed by atoms with E-state index in [-0.39, 0.29) is 0 Å². The van der Waals surface area contributed by atoms with Gasteiger partial charge in [0, 0.05) is 0 Å². The van der Waals surface area contributed by atoms with Crippen molar-refractivity contribution in [2.24, 2.45) is 0 Å². The van der Waals surface area contributed by atoms with Gasteiger partial charge in [0.25, 0.3) is 0 Å². The highest BCUT2D eigenvalue weighted by molar-refractivity contribution is 5.44. The fourth-order valence-corrected chi connectivity index (χ4v) is 1.68. The fourth-order valence-electron chi connectivity index (χ4n) is 1.68. The molecule has 0 bridgehead atoms. The number of hydrogen-bond acceptors (Lipinski definition) is 2. The number of methoxy groups -OCH3 is 1. The zero-order valence-electron chi connectivity index (χ0n) is 9.58. The molecule has 1 rings (SSSR count). The van der Waals surface area contributed by atoms with Crippen molar-refractivity contribution < 1.29 is 9.84 Å². The number of hydrogen-bond donors (Lipinski definition) is 1. The first-order valence-electron chi connectivity index (χ1n) is 5.04. The minimum absolute atomic E-state index is 0.466. The fraction of sp³-hybridized carbons (Fsp3) is 0.385. The summed E-state index contributed by atoms with van der Waals surface area (Å²) in [4.78, 5) is 0. The average Bonchev–Trinajstić information content (AvgIpc) is 2.22. The summed E-state index contributed by atoms with van der Waals surface area (Å²) in [6, 6.07) is 3.80. The van der Waals surface area contributed by atoms with Crippen LogP contribution in [0.2, 0.25) is 0 Å². The van der Waals surface area contributed by atoms with Gasteiger partial charge >= 0.3 is 0 Å². The second-order valence-corrected chi connectivity index (χ2v) is 3.65. The first-order valence-corrected chi connectivity index (χ1v) is 5.04. The van der Waals surface area contributed by atoms with Gasteiger partial charge in [-0.15, -0.1) is 6.58 Å². The van der Waals surface area contributed by atoms with E-state index in [1.165, 1.54) is 0 Å². The molecule has 2 nitrogen and oxygen atoms in total. The number of aliphatic hydroxyl groups is 1. The largest absolute Gasteiger partial charge is 0.496 e. The van der Waals surface area contributed by atoms with Crippen LogP contribution in [-0.4, -0.2) is 12.2 Å². The van der Waals surface area contributed by atoms with Crippen molar-refractivity contribution in [3.63, 3.8) is 0 Å². The summed E-state index contributed by atoms with van der Waals surface area (Å²) in [6.45, 7) is 7.63. The van der Waals surface area contributed by atoms with Gasteiger partial charge in [0.1, 0.15) is 5.75 Å². The highest BCUT2D eigenvalue weighted by atomic mass is 16.5. The Kier molecular flexibility index (Phi) is 3.92. The van der Waals surface area contributed by atoms with Crippen LogP contribution in [0.25, 0.3) is 0 Å². The Balaban J connectivity index is 3.11. The summed E-state index contributed by atoms with van der Waals surface area (Å²) < 4.78 is 5.22. The maximum absolute atomic E-state index is 9.88. The van der Waals surface area contributed by atoms with Gasteiger partial charge < -0.3 is 9.84 Å². The molecule has 0 amide bonds. The van der Waals surface area contributed by atoms with Crippen LogP contribution < -0.4 is 4.74 Å². The van der Waals surface area contributed by atoms with Crippen molar-refractivity contribution in [1.82, 2.24) is 0 Å². The number of ether oxygens (including phenoxy) is 1. The van der Waals surface area contributed by atoms with Crippen LogP contribution in [0.1, 0.15) is 29.2 Å². The van der Waals surface area contributed by atoms with E-state index in [1.54, 1.807) is 13.2 Å². The lowest BCUT2D eigenvalue weighted by Crippen LogP contribution is -2.01. The van der Waals surface area contributed by atoms with Crippen LogP contribution in [0.5, 0.6) is 5.75 Å². The number of aliphatic hydroxyl groups excluding tert-OH is 1. The summed E-state index contributed by atoms with van der Waals surface area (Å²) in [7, 11) is 1.65. The minimum Gasteiger partial charge on any atom is -0.496 e. The molecule has 82 valence electrons. The lowest BCUT2D eigenvalue weighted by Gasteiger charge is -2.16. The van der Waals surface area contributed by atoms with Crippen molar-refractivity contribution in [3.05, 3.63) is 41.5 Å². The molecule has 1 unspecified atom stereocenters. The van der Waals surface area contributed by atoms with E-state index in [0.717, 1.165) is 22.4 Å². The minimum atomic E-state index is -0.466. The van der Waals surface area contributed by atoms with Gasteiger partial charge in [-0.1, -0.05) is 12.1 Å². The molecule has 0 aliphatic rings. The van der Waals surface area contributed by atoms with Crippen LogP contribution in [0.3, 0.4) is 0 Å². The monoisotopic (exact) mass is 206 g/mol. The Morgan fingerprint density at radius 1 is 1.40 bits per heavy atom. The van der Waals surface area contributed by atoms with E-state index in [0.29, 0.717) is 6.42 Å². The molecule has 1 aromatic carbocycles. The first-order chi connectivity index (χ1) is 7.11. The predicted octanol–water partition coefficient (Wildman–Crippen LogP) is 2.92. The molecule has 0 heterocycles. The third kappa shape index (κ3) is 2.39. The van der Waals surface area contributed by atoms with Gasteiger partial charge in [0.2, 0.25) is 0 Å². The van der Waals surface area contributed by atoms with Crippen molar-refractivity contribution in [2.75, 3.05) is 7.11 Å². The van der Waals surface area contributed by atoms with Crippen molar-refractivity contribution in [3.8, 4) is 5.75 Å². The zero-order valence-corrected chi connectivity index (χ0v) is 9.58. The average molecular weight is 206 g/mol. The van der Waals surface area contributed by atoms with Crippen LogP contribution >= 0.6 is 0 Å². The molecule has 0 aromatic heterocycles. The molecule has 0 fully saturated rings. The second-order valence-electron chi connectivity index (χ2n) is 3.65. The van der Waals surface area contributed by atoms with Gasteiger partial charge in [0.15, 0.2) is 0 Å². The predicted molar refractivity (Wildman–Crippen MR) is 62.2 cm³/mol. The Bertz CT molecular complexity index is 356. The van der Waals surface area contributed by atoms with E-state index in [9.17, 15) is 5.11 Å². The lowest BCUT2D eigenvalue weighted by atomic mass is 9.97. The summed E-state index contributed by atoms with van der Waals surface area (Å²) in [5, 5.41) is 9.88. The molecular formula is C13H18O2. The molecule has 0 saturated carbocycles. The van der Waals surface area contributed by atoms with Crippen molar-refractivity contribution in [2.45, 2.75) is 26.4 Å². The van der Waals surface area contributed by atoms with Gasteiger partial charge in [-0.3, -0.25) is 0 Å². The summed E-state index contributed by atoms with van der Waals surface area (Å²) >= 11 is 0. The van der Waals surface area contributed by atoms with Crippen LogP contribution in [0.15, 0.2) is 24.8 Å². The summed E-state index contributed by atoms with van der Waals surface area (Å²) in [6.07, 6.45) is 1.84. The molecular weight excluding hydrogens is 188 g/mol. The van der Waals surface area contributed by atoms with E-state index in [4.69, 9.17) is 4.74 Å². The molecule has 0 spiro atoms. The van der Waals surface area contributed by atoms with E-state index >= 15 is 0 Å². The summed E-state index contributed by atoms with van der Waals surface area (Å²) in [5.41, 5.74) is 3.12. The van der Waals surface area contributed by atoms with Crippen LogP contribution in [-0.2, 0) is 0 Å². The Morgan fingerprint density at radius 3 is 2.60 bits per heavy atom. The molecule has 1 N–H and O–H groups in total. The smallest absolute Gasteiger partial charge is 0.122 e. The third-order valence-corrected chi connectivity index (χ3v) is 2.75.